The third-order valence-electron chi connectivity index (χ3n) is 8.08. The largest absolute Gasteiger partial charge is 0.470 e. The maximum absolute atomic E-state index is 12.5. The van der Waals surface area contributed by atoms with Gasteiger partial charge in [-0.1, -0.05) is 77.7 Å². The van der Waals surface area contributed by atoms with Gasteiger partial charge in [-0.2, -0.15) is 0 Å². The van der Waals surface area contributed by atoms with Crippen LogP contribution >= 0.6 is 0 Å². The summed E-state index contributed by atoms with van der Waals surface area (Å²) in [6, 6.07) is 12.7. The van der Waals surface area contributed by atoms with Crippen molar-refractivity contribution in [2.45, 2.75) is 92.2 Å². The van der Waals surface area contributed by atoms with E-state index in [1.807, 2.05) is 39.8 Å². The number of anilines is 2. The second-order valence-corrected chi connectivity index (χ2v) is 13.4. The number of Topliss-reactive ketones (excluding diaryl/α,β-unsaturated/α-hetero) is 2. The minimum Gasteiger partial charge on any atom is -0.470 e. The predicted molar refractivity (Wildman–Crippen MR) is 207 cm³/mol. The van der Waals surface area contributed by atoms with Crippen LogP contribution in [0.2, 0.25) is 0 Å². The molecule has 2 aromatic rings. The quantitative estimate of drug-likeness (QED) is 0.116. The first kappa shape index (κ1) is 53.7. The Labute approximate surface area is 357 Å². The van der Waals surface area contributed by atoms with Crippen LogP contribution in [-0.2, 0) is 88.6 Å². The van der Waals surface area contributed by atoms with Crippen molar-refractivity contribution in [3.05, 3.63) is 73.5 Å². The number of benzene rings is 2. The maximum atomic E-state index is 12.5. The Morgan fingerprint density at radius 2 is 0.964 bits per heavy atom. The van der Waals surface area contributed by atoms with Crippen molar-refractivity contribution in [3.63, 3.8) is 0 Å². The molecule has 0 saturated heterocycles. The number of nitrogens with one attached hydrogen (secondary N) is 4. The summed E-state index contributed by atoms with van der Waals surface area (Å²) in [6.07, 6.45) is 0.636. The Bertz CT molecular complexity index is 1540. The first-order valence-corrected chi connectivity index (χ1v) is 17.6. The molecule has 0 aliphatic heterocycles. The Morgan fingerprint density at radius 1 is 0.618 bits per heavy atom. The Balaban J connectivity index is 0. The van der Waals surface area contributed by atoms with E-state index in [4.69, 9.17) is 15.7 Å². The monoisotopic (exact) mass is 1090 g/mol. The van der Waals surface area contributed by atoms with Gasteiger partial charge in [0, 0.05) is 78.2 Å². The number of amides is 4. The van der Waals surface area contributed by atoms with Crippen LogP contribution in [0, 0.1) is 37.5 Å². The topological polar surface area (TPSA) is 177 Å². The molecule has 296 valence electrons. The Hall–Kier alpha value is -3.36. The molecule has 0 saturated carbocycles. The first-order chi connectivity index (χ1) is 24.9. The van der Waals surface area contributed by atoms with E-state index in [1.165, 1.54) is 0 Å². The third-order valence-corrected chi connectivity index (χ3v) is 8.08. The van der Waals surface area contributed by atoms with Crippen LogP contribution in [0.15, 0.2) is 48.5 Å². The molecule has 55 heavy (non-hydrogen) atoms. The number of rotatable bonds is 19. The Morgan fingerprint density at radius 3 is 1.25 bits per heavy atom. The molecule has 4 N–H and O–H groups in total. The standard InChI is InChI=1S/C20H26BN2O5.C19H26BN2O3.2W/c1-5-17(25)23-18(12(2)3)16(24)10-13(4)19(26)22-15-8-6-14(7-9-15)11-28-20(21)27;1-5-17(24)22-18(12(2)3)16(23)10-13(4)19(25)21-15-8-6-14(11-20)7-9-15;;/h6-9,12-13,18H,1,5,10-11H2,2-4H3,(H,22,26)(H,23,25);6-9,12-13,18H,1,5,10-11H2,2-4H3,(H,21,25)(H,22,24);;/q2*-1;;/t2*13-,18+;;/m11../s1. The molecular formula is C39H52B2N4O8W2-2. The van der Waals surface area contributed by atoms with Crippen LogP contribution in [0.1, 0.15) is 78.4 Å². The van der Waals surface area contributed by atoms with Crippen molar-refractivity contribution in [1.29, 1.82) is 0 Å². The minimum atomic E-state index is -0.859. The minimum absolute atomic E-state index is 0. The van der Waals surface area contributed by atoms with E-state index in [9.17, 15) is 33.6 Å². The summed E-state index contributed by atoms with van der Waals surface area (Å²) in [6.45, 7) is 17.8. The molecule has 12 nitrogen and oxygen atoms in total. The molecule has 2 rings (SSSR count). The van der Waals surface area contributed by atoms with E-state index in [0.29, 0.717) is 17.7 Å². The summed E-state index contributed by atoms with van der Waals surface area (Å²) < 4.78 is 4.69. The molecule has 0 fully saturated rings. The van der Waals surface area contributed by atoms with Crippen LogP contribution in [0.25, 0.3) is 0 Å². The summed E-state index contributed by atoms with van der Waals surface area (Å²) in [7, 11) is 10.5. The zero-order valence-corrected chi connectivity index (χ0v) is 38.3. The van der Waals surface area contributed by atoms with Gasteiger partial charge >= 0.3 is 0 Å². The number of hydrogen-bond acceptors (Lipinski definition) is 8. The fourth-order valence-electron chi connectivity index (χ4n) is 4.87. The van der Waals surface area contributed by atoms with Gasteiger partial charge in [0.1, 0.15) is 6.61 Å². The van der Waals surface area contributed by atoms with E-state index < -0.39 is 29.8 Å². The summed E-state index contributed by atoms with van der Waals surface area (Å²) in [4.78, 5) is 83.3. The average Bonchev–Trinajstić information content (AvgIpc) is 3.12. The third kappa shape index (κ3) is 20.9. The summed E-state index contributed by atoms with van der Waals surface area (Å²) in [5.74, 6) is -3.54. The van der Waals surface area contributed by atoms with Crippen molar-refractivity contribution in [1.82, 2.24) is 10.6 Å². The zero-order chi connectivity index (χ0) is 40.2. The van der Waals surface area contributed by atoms with Crippen molar-refractivity contribution in [3.8, 4) is 0 Å². The second-order valence-electron chi connectivity index (χ2n) is 13.4. The molecule has 2 aromatic carbocycles. The summed E-state index contributed by atoms with van der Waals surface area (Å²) >= 11 is 0. The maximum Gasteiger partial charge on any atom is 0.236 e. The van der Waals surface area contributed by atoms with Gasteiger partial charge in [0.2, 0.25) is 25.5 Å². The number of ether oxygens (including phenoxy) is 1. The van der Waals surface area contributed by atoms with E-state index in [0.717, 1.165) is 11.1 Å². The van der Waals surface area contributed by atoms with Gasteiger partial charge in [-0.25, -0.2) is 0 Å². The van der Waals surface area contributed by atoms with E-state index in [1.54, 1.807) is 50.2 Å². The molecule has 0 spiro atoms. The Kier molecular flexibility index (Phi) is 27.5. The molecule has 0 unspecified atom stereocenters. The van der Waals surface area contributed by atoms with Crippen LogP contribution in [-0.4, -0.2) is 68.8 Å². The van der Waals surface area contributed by atoms with Crippen LogP contribution in [0.4, 0.5) is 16.2 Å². The number of ketones is 2. The molecule has 4 radical (unpaired) electrons. The van der Waals surface area contributed by atoms with Crippen molar-refractivity contribution in [2.75, 3.05) is 10.6 Å². The molecule has 0 heterocycles. The van der Waals surface area contributed by atoms with E-state index in [2.05, 4.69) is 39.9 Å². The average molecular weight is 1090 g/mol. The summed E-state index contributed by atoms with van der Waals surface area (Å²) in [5, 5.41) is 10.9. The predicted octanol–water partition coefficient (Wildman–Crippen LogP) is 4.64. The molecule has 0 aliphatic carbocycles. The molecular weight excluding hydrogens is 1040 g/mol. The normalized spacial score (nSPS) is 12.5. The number of carbonyl (C=O) groups excluding carboxylic acids is 7. The van der Waals surface area contributed by atoms with Gasteiger partial charge in [0.15, 0.2) is 23.4 Å². The van der Waals surface area contributed by atoms with Crippen LogP contribution in [0.3, 0.4) is 0 Å². The number of hydrogen-bond donors (Lipinski definition) is 4. The number of carbonyl (C=O) groups is 7. The first-order valence-electron chi connectivity index (χ1n) is 17.6. The van der Waals surface area contributed by atoms with Gasteiger partial charge in [0.25, 0.3) is 0 Å². The van der Waals surface area contributed by atoms with Crippen molar-refractivity contribution >= 4 is 68.1 Å². The summed E-state index contributed by atoms with van der Waals surface area (Å²) in [5.41, 5.74) is 2.91. The second kappa shape index (κ2) is 28.1. The molecule has 4 atom stereocenters. The van der Waals surface area contributed by atoms with E-state index >= 15 is 0 Å². The van der Waals surface area contributed by atoms with Crippen LogP contribution in [0.5, 0.6) is 0 Å². The molecule has 0 aliphatic rings. The van der Waals surface area contributed by atoms with Crippen LogP contribution < -0.4 is 21.3 Å². The van der Waals surface area contributed by atoms with Gasteiger partial charge in [0.05, 0.1) is 19.9 Å². The molecule has 0 bridgehead atoms. The van der Waals surface area contributed by atoms with Gasteiger partial charge in [-0.05, 0) is 41.7 Å². The zero-order valence-electron chi connectivity index (χ0n) is 32.5. The molecule has 16 heteroatoms. The van der Waals surface area contributed by atoms with Gasteiger partial charge in [-0.15, -0.1) is 12.8 Å². The smallest absolute Gasteiger partial charge is 0.236 e. The van der Waals surface area contributed by atoms with E-state index in [-0.39, 0.29) is 121 Å². The fraction of sp³-hybridized carbons (Fsp3) is 0.462. The van der Waals surface area contributed by atoms with Gasteiger partial charge in [-0.3, -0.25) is 33.6 Å². The SMILES string of the molecule is [B]C(=O)OCc1ccc(NC(=O)[C@H](C)CC(=O)[C@@H](NC(=O)C[CH2-])C(C)C)cc1.[B]Cc1ccc(NC(=O)[C@H](C)CC(=O)[C@@H](NC(=O)C[CH2-])C(C)C)cc1.[W].[W]. The fourth-order valence-corrected chi connectivity index (χ4v) is 4.87. The molecule has 4 amide bonds. The van der Waals surface area contributed by atoms with Crippen molar-refractivity contribution in [2.24, 2.45) is 23.7 Å². The van der Waals surface area contributed by atoms with Crippen molar-refractivity contribution < 1.29 is 80.4 Å². The van der Waals surface area contributed by atoms with Gasteiger partial charge < -0.3 is 39.9 Å². The molecule has 0 aromatic heterocycles.